The molecule has 0 saturated carbocycles. The predicted octanol–water partition coefficient (Wildman–Crippen LogP) is 4.39. The summed E-state index contributed by atoms with van der Waals surface area (Å²) in [6, 6.07) is 14.1. The number of hydrogen-bond acceptors (Lipinski definition) is 3. The molecule has 0 aliphatic heterocycles. The van der Waals surface area contributed by atoms with Gasteiger partial charge in [0, 0.05) is 17.1 Å². The van der Waals surface area contributed by atoms with E-state index in [1.54, 1.807) is 31.3 Å². The monoisotopic (exact) mass is 362 g/mol. The zero-order valence-corrected chi connectivity index (χ0v) is 14.4. The largest absolute Gasteiger partial charge is 0.298 e. The number of anilines is 1. The Bertz CT molecular complexity index is 627. The van der Waals surface area contributed by atoms with Gasteiger partial charge in [-0.2, -0.15) is 0 Å². The van der Waals surface area contributed by atoms with Gasteiger partial charge < -0.3 is 0 Å². The number of carbonyl (C=O) groups excluding carboxylic acids is 2. The number of amides is 1. The zero-order chi connectivity index (χ0) is 16.5. The van der Waals surface area contributed by atoms with E-state index in [-0.39, 0.29) is 5.91 Å². The normalized spacial score (nSPS) is 9.27. The molecule has 1 N–H and O–H groups in total. The van der Waals surface area contributed by atoms with Crippen molar-refractivity contribution in [3.63, 3.8) is 0 Å². The van der Waals surface area contributed by atoms with Crippen molar-refractivity contribution in [1.29, 1.82) is 0 Å². The molecule has 0 saturated heterocycles. The van der Waals surface area contributed by atoms with Crippen molar-refractivity contribution in [2.75, 3.05) is 12.5 Å². The average Bonchev–Trinajstić information content (AvgIpc) is 2.58. The predicted molar refractivity (Wildman–Crippen MR) is 93.0 cm³/mol. The van der Waals surface area contributed by atoms with Gasteiger partial charge in [0.2, 0.25) is 0 Å². The molecule has 0 aliphatic rings. The van der Waals surface area contributed by atoms with Crippen LogP contribution in [0.5, 0.6) is 0 Å². The smallest absolute Gasteiger partial charge is 0.272 e. The maximum Gasteiger partial charge on any atom is 0.272 e. The zero-order valence-electron chi connectivity index (χ0n) is 12.8. The van der Waals surface area contributed by atoms with Crippen molar-refractivity contribution in [3.8, 4) is 0 Å². The molecule has 0 spiro atoms. The van der Waals surface area contributed by atoms with Gasteiger partial charge >= 0.3 is 0 Å². The van der Waals surface area contributed by atoms with E-state index in [9.17, 15) is 9.59 Å². The summed E-state index contributed by atoms with van der Waals surface area (Å²) in [5.74, 6) is -0.268. The first kappa shape index (κ1) is 17.9. The van der Waals surface area contributed by atoms with Gasteiger partial charge in [-0.3, -0.25) is 20.0 Å². The molecule has 0 aliphatic carbocycles. The molecule has 116 valence electrons. The van der Waals surface area contributed by atoms with Gasteiger partial charge in [0.05, 0.1) is 11.3 Å². The third-order valence-electron chi connectivity index (χ3n) is 2.76. The molecule has 2 aromatic rings. The van der Waals surface area contributed by atoms with Crippen LogP contribution in [-0.2, 0) is 0 Å². The van der Waals surface area contributed by atoms with Crippen LogP contribution in [0.2, 0.25) is 0 Å². The Morgan fingerprint density at radius 2 is 1.68 bits per heavy atom. The van der Waals surface area contributed by atoms with Gasteiger partial charge in [0.25, 0.3) is 5.91 Å². The summed E-state index contributed by atoms with van der Waals surface area (Å²) >= 11 is 3.35. The minimum atomic E-state index is -0.268. The van der Waals surface area contributed by atoms with Crippen LogP contribution in [0.15, 0.2) is 53.0 Å². The lowest BCUT2D eigenvalue weighted by Crippen LogP contribution is -2.32. The molecule has 0 fully saturated rings. The number of halogens is 1. The van der Waals surface area contributed by atoms with Gasteiger partial charge in [-0.1, -0.05) is 48.0 Å². The van der Waals surface area contributed by atoms with Crippen molar-refractivity contribution in [2.24, 2.45) is 0 Å². The van der Waals surface area contributed by atoms with Crippen molar-refractivity contribution < 1.29 is 9.59 Å². The highest BCUT2D eigenvalue weighted by Crippen LogP contribution is 2.15. The molecule has 0 unspecified atom stereocenters. The first-order valence-electron chi connectivity index (χ1n) is 6.96. The quantitative estimate of drug-likeness (QED) is 0.648. The van der Waals surface area contributed by atoms with Crippen LogP contribution in [0.3, 0.4) is 0 Å². The average molecular weight is 363 g/mol. The van der Waals surface area contributed by atoms with E-state index in [1.807, 2.05) is 38.1 Å². The van der Waals surface area contributed by atoms with E-state index in [1.165, 1.54) is 5.01 Å². The molecule has 22 heavy (non-hydrogen) atoms. The Morgan fingerprint density at radius 3 is 2.27 bits per heavy atom. The molecule has 0 atom stereocenters. The van der Waals surface area contributed by atoms with E-state index in [2.05, 4.69) is 21.4 Å². The molecular formula is C17H19BrN2O2. The fraction of sp³-hybridized carbons (Fsp3) is 0.176. The first-order chi connectivity index (χ1) is 10.6. The molecule has 4 nitrogen and oxygen atoms in total. The van der Waals surface area contributed by atoms with Crippen molar-refractivity contribution in [2.45, 2.75) is 13.8 Å². The highest BCUT2D eigenvalue weighted by atomic mass is 79.9. The number of benzene rings is 2. The van der Waals surface area contributed by atoms with Gasteiger partial charge in [-0.05, 0) is 30.3 Å². The summed E-state index contributed by atoms with van der Waals surface area (Å²) < 4.78 is 0.961. The second kappa shape index (κ2) is 9.00. The molecule has 5 heteroatoms. The number of nitrogens with one attached hydrogen (secondary N) is 1. The molecule has 2 rings (SSSR count). The summed E-state index contributed by atoms with van der Waals surface area (Å²) in [7, 11) is 1.62. The van der Waals surface area contributed by atoms with Gasteiger partial charge in [0.15, 0.2) is 6.29 Å². The molecule has 2 aromatic carbocycles. The number of hydrogen-bond donors (Lipinski definition) is 1. The molecule has 0 heterocycles. The number of carbonyl (C=O) groups is 2. The topological polar surface area (TPSA) is 49.4 Å². The number of nitrogens with zero attached hydrogens (tertiary/aromatic N) is 1. The molecule has 0 aromatic heterocycles. The molecular weight excluding hydrogens is 344 g/mol. The lowest BCUT2D eigenvalue weighted by Gasteiger charge is -2.20. The maximum absolute atomic E-state index is 12.3. The Morgan fingerprint density at radius 1 is 1.09 bits per heavy atom. The Kier molecular flexibility index (Phi) is 7.32. The van der Waals surface area contributed by atoms with Gasteiger partial charge in [-0.25, -0.2) is 0 Å². The molecule has 0 bridgehead atoms. The van der Waals surface area contributed by atoms with Crippen LogP contribution in [0, 0.1) is 0 Å². The SMILES string of the molecule is CC.CN(Nc1ccc(Br)cc1)C(=O)c1ccccc1C=O. The van der Waals surface area contributed by atoms with Gasteiger partial charge in [0.1, 0.15) is 0 Å². The highest BCUT2D eigenvalue weighted by molar-refractivity contribution is 9.10. The van der Waals surface area contributed by atoms with Crippen molar-refractivity contribution in [3.05, 3.63) is 64.1 Å². The van der Waals surface area contributed by atoms with E-state index in [0.717, 1.165) is 10.2 Å². The van der Waals surface area contributed by atoms with Crippen molar-refractivity contribution >= 4 is 33.8 Å². The number of hydrazine groups is 1. The van der Waals surface area contributed by atoms with E-state index >= 15 is 0 Å². The Hall–Kier alpha value is -2.14. The van der Waals surface area contributed by atoms with Crippen LogP contribution >= 0.6 is 15.9 Å². The third-order valence-corrected chi connectivity index (χ3v) is 3.29. The minimum Gasteiger partial charge on any atom is -0.298 e. The van der Waals surface area contributed by atoms with E-state index in [4.69, 9.17) is 0 Å². The van der Waals surface area contributed by atoms with Crippen LogP contribution < -0.4 is 5.43 Å². The standard InChI is InChI=1S/C15H13BrN2O2.C2H6/c1-18(17-13-8-6-12(16)7-9-13)15(20)14-5-3-2-4-11(14)10-19;1-2/h2-10,17H,1H3;1-2H3. The lowest BCUT2D eigenvalue weighted by atomic mass is 10.1. The Balaban J connectivity index is 0.00000116. The molecule has 1 amide bonds. The van der Waals surface area contributed by atoms with Crippen LogP contribution in [0.1, 0.15) is 34.6 Å². The van der Waals surface area contributed by atoms with Crippen LogP contribution in [0.25, 0.3) is 0 Å². The highest BCUT2D eigenvalue weighted by Gasteiger charge is 2.15. The summed E-state index contributed by atoms with van der Waals surface area (Å²) in [6.45, 7) is 4.00. The number of aldehydes is 1. The molecule has 0 radical (unpaired) electrons. The van der Waals surface area contributed by atoms with Crippen LogP contribution in [0.4, 0.5) is 5.69 Å². The Labute approximate surface area is 139 Å². The second-order valence-corrected chi connectivity index (χ2v) is 5.10. The number of rotatable bonds is 4. The van der Waals surface area contributed by atoms with Gasteiger partial charge in [-0.15, -0.1) is 0 Å². The fourth-order valence-electron chi connectivity index (χ4n) is 1.74. The van der Waals surface area contributed by atoms with E-state index < -0.39 is 0 Å². The third kappa shape index (κ3) is 4.70. The first-order valence-corrected chi connectivity index (χ1v) is 7.75. The second-order valence-electron chi connectivity index (χ2n) is 4.19. The maximum atomic E-state index is 12.3. The summed E-state index contributed by atoms with van der Waals surface area (Å²) in [4.78, 5) is 23.2. The summed E-state index contributed by atoms with van der Waals surface area (Å²) in [5.41, 5.74) is 4.50. The minimum absolute atomic E-state index is 0.268. The summed E-state index contributed by atoms with van der Waals surface area (Å²) in [6.07, 6.45) is 0.681. The van der Waals surface area contributed by atoms with Crippen molar-refractivity contribution in [1.82, 2.24) is 5.01 Å². The lowest BCUT2D eigenvalue weighted by molar-refractivity contribution is 0.0822. The van der Waals surface area contributed by atoms with Crippen LogP contribution in [-0.4, -0.2) is 24.2 Å². The fourth-order valence-corrected chi connectivity index (χ4v) is 2.01. The summed E-state index contributed by atoms with van der Waals surface area (Å²) in [5, 5.41) is 1.35. The van der Waals surface area contributed by atoms with E-state index in [0.29, 0.717) is 17.4 Å².